The van der Waals surface area contributed by atoms with Crippen molar-refractivity contribution in [1.29, 1.82) is 0 Å². The summed E-state index contributed by atoms with van der Waals surface area (Å²) < 4.78 is 2.22. The van der Waals surface area contributed by atoms with E-state index >= 15 is 0 Å². The summed E-state index contributed by atoms with van der Waals surface area (Å²) in [6, 6.07) is 0.602. The van der Waals surface area contributed by atoms with E-state index in [2.05, 4.69) is 60.5 Å². The number of imidazole rings is 1. The third kappa shape index (κ3) is 3.35. The number of thiazole rings is 1. The van der Waals surface area contributed by atoms with E-state index < -0.39 is 0 Å². The molecule has 0 aromatic carbocycles. The minimum absolute atomic E-state index is 0.602. The number of rotatable bonds is 6. The van der Waals surface area contributed by atoms with E-state index in [9.17, 15) is 0 Å². The van der Waals surface area contributed by atoms with Crippen molar-refractivity contribution in [3.63, 3.8) is 0 Å². The Morgan fingerprint density at radius 2 is 2.16 bits per heavy atom. The molecule has 0 aliphatic heterocycles. The van der Waals surface area contributed by atoms with Crippen LogP contribution in [0.2, 0.25) is 0 Å². The first-order chi connectivity index (χ1) is 8.99. The van der Waals surface area contributed by atoms with Gasteiger partial charge in [-0.2, -0.15) is 0 Å². The van der Waals surface area contributed by atoms with Crippen molar-refractivity contribution in [3.05, 3.63) is 22.5 Å². The SMILES string of the molecule is Cc1cn2c(CNCCN(C)C(C)C)c(C)nc2s1. The van der Waals surface area contributed by atoms with Crippen LogP contribution in [0.15, 0.2) is 6.20 Å². The van der Waals surface area contributed by atoms with Gasteiger partial charge < -0.3 is 10.2 Å². The zero-order valence-electron chi connectivity index (χ0n) is 12.5. The maximum atomic E-state index is 4.61. The number of aromatic nitrogens is 2. The van der Waals surface area contributed by atoms with Crippen molar-refractivity contribution in [1.82, 2.24) is 19.6 Å². The highest BCUT2D eigenvalue weighted by Gasteiger charge is 2.10. The zero-order valence-corrected chi connectivity index (χ0v) is 13.3. The van der Waals surface area contributed by atoms with Gasteiger partial charge in [-0.3, -0.25) is 4.40 Å². The van der Waals surface area contributed by atoms with E-state index in [-0.39, 0.29) is 0 Å². The fourth-order valence-corrected chi connectivity index (χ4v) is 2.93. The molecule has 4 nitrogen and oxygen atoms in total. The van der Waals surface area contributed by atoms with Crippen LogP contribution in [-0.4, -0.2) is 40.5 Å². The fourth-order valence-electron chi connectivity index (χ4n) is 2.04. The molecule has 0 atom stereocenters. The largest absolute Gasteiger partial charge is 0.310 e. The molecule has 0 spiro atoms. The highest BCUT2D eigenvalue weighted by Crippen LogP contribution is 2.20. The van der Waals surface area contributed by atoms with Gasteiger partial charge in [-0.1, -0.05) is 0 Å². The van der Waals surface area contributed by atoms with Crippen LogP contribution in [0.1, 0.15) is 30.1 Å². The van der Waals surface area contributed by atoms with E-state index in [0.29, 0.717) is 6.04 Å². The predicted octanol–water partition coefficient (Wildman–Crippen LogP) is 2.44. The van der Waals surface area contributed by atoms with E-state index in [1.165, 1.54) is 10.6 Å². The second-order valence-electron chi connectivity index (χ2n) is 5.39. The Kier molecular flexibility index (Phi) is 4.60. The molecule has 1 N–H and O–H groups in total. The molecule has 0 saturated carbocycles. The Labute approximate surface area is 119 Å². The molecule has 2 rings (SSSR count). The molecular formula is C14H24N4S. The molecule has 2 aromatic heterocycles. The number of nitrogens with zero attached hydrogens (tertiary/aromatic N) is 3. The van der Waals surface area contributed by atoms with E-state index in [1.807, 2.05) is 0 Å². The summed E-state index contributed by atoms with van der Waals surface area (Å²) in [6.45, 7) is 11.6. The first kappa shape index (κ1) is 14.5. The second kappa shape index (κ2) is 6.03. The molecule has 0 fully saturated rings. The zero-order chi connectivity index (χ0) is 14.0. The van der Waals surface area contributed by atoms with E-state index in [1.54, 1.807) is 11.3 Å². The minimum Gasteiger partial charge on any atom is -0.310 e. The smallest absolute Gasteiger partial charge is 0.194 e. The summed E-state index contributed by atoms with van der Waals surface area (Å²) in [5, 5.41) is 3.52. The Morgan fingerprint density at radius 1 is 1.42 bits per heavy atom. The van der Waals surface area contributed by atoms with Gasteiger partial charge in [-0.25, -0.2) is 4.98 Å². The van der Waals surface area contributed by atoms with Crippen molar-refractivity contribution in [3.8, 4) is 0 Å². The lowest BCUT2D eigenvalue weighted by Gasteiger charge is -2.20. The molecule has 106 valence electrons. The minimum atomic E-state index is 0.602. The molecule has 0 saturated heterocycles. The van der Waals surface area contributed by atoms with Crippen LogP contribution in [0.3, 0.4) is 0 Å². The molecule has 0 radical (unpaired) electrons. The van der Waals surface area contributed by atoms with Crippen LogP contribution < -0.4 is 5.32 Å². The van der Waals surface area contributed by atoms with Crippen molar-refractivity contribution >= 4 is 16.3 Å². The standard InChI is InChI=1S/C14H24N4S/c1-10(2)17(5)7-6-15-8-13-12(4)16-14-18(13)9-11(3)19-14/h9-10,15H,6-8H2,1-5H3. The van der Waals surface area contributed by atoms with Crippen LogP contribution in [-0.2, 0) is 6.54 Å². The molecule has 2 aromatic rings. The normalized spacial score (nSPS) is 12.2. The molecule has 0 aliphatic rings. The number of hydrogen-bond acceptors (Lipinski definition) is 4. The average Bonchev–Trinajstić information content (AvgIpc) is 2.80. The third-order valence-electron chi connectivity index (χ3n) is 3.56. The molecule has 2 heterocycles. The van der Waals surface area contributed by atoms with Crippen molar-refractivity contribution in [2.45, 2.75) is 40.3 Å². The highest BCUT2D eigenvalue weighted by molar-refractivity contribution is 7.17. The lowest BCUT2D eigenvalue weighted by atomic mass is 10.3. The van der Waals surface area contributed by atoms with Crippen molar-refractivity contribution in [2.24, 2.45) is 0 Å². The Balaban J connectivity index is 1.92. The molecule has 0 amide bonds. The van der Waals surface area contributed by atoms with Gasteiger partial charge in [0.05, 0.1) is 11.4 Å². The number of aryl methyl sites for hydroxylation is 2. The molecular weight excluding hydrogens is 256 g/mol. The number of likely N-dealkylation sites (N-methyl/N-ethyl adjacent to an activating group) is 1. The van der Waals surface area contributed by atoms with Gasteiger partial charge in [-0.15, -0.1) is 11.3 Å². The Bertz CT molecular complexity index is 541. The number of fused-ring (bicyclic) bond motifs is 1. The first-order valence-electron chi connectivity index (χ1n) is 6.84. The lowest BCUT2D eigenvalue weighted by Crippen LogP contribution is -2.33. The number of nitrogens with one attached hydrogen (secondary N) is 1. The average molecular weight is 280 g/mol. The third-order valence-corrected chi connectivity index (χ3v) is 4.45. The highest BCUT2D eigenvalue weighted by atomic mass is 32.1. The van der Waals surface area contributed by atoms with Gasteiger partial charge in [-0.05, 0) is 34.7 Å². The maximum Gasteiger partial charge on any atom is 0.194 e. The van der Waals surface area contributed by atoms with Gasteiger partial charge in [0.2, 0.25) is 0 Å². The van der Waals surface area contributed by atoms with Crippen LogP contribution >= 0.6 is 11.3 Å². The van der Waals surface area contributed by atoms with Gasteiger partial charge >= 0.3 is 0 Å². The van der Waals surface area contributed by atoms with Crippen molar-refractivity contribution < 1.29 is 0 Å². The summed E-state index contributed by atoms with van der Waals surface area (Å²) in [7, 11) is 2.16. The second-order valence-corrected chi connectivity index (χ2v) is 6.60. The van der Waals surface area contributed by atoms with Crippen LogP contribution in [0.5, 0.6) is 0 Å². The van der Waals surface area contributed by atoms with Crippen LogP contribution in [0.4, 0.5) is 0 Å². The number of hydrogen-bond donors (Lipinski definition) is 1. The van der Waals surface area contributed by atoms with E-state index in [0.717, 1.165) is 30.3 Å². The quantitative estimate of drug-likeness (QED) is 0.825. The summed E-state index contributed by atoms with van der Waals surface area (Å²) in [5.74, 6) is 0. The van der Waals surface area contributed by atoms with Gasteiger partial charge in [0.1, 0.15) is 0 Å². The first-order valence-corrected chi connectivity index (χ1v) is 7.65. The van der Waals surface area contributed by atoms with Gasteiger partial charge in [0, 0.05) is 36.8 Å². The Morgan fingerprint density at radius 3 is 2.84 bits per heavy atom. The predicted molar refractivity (Wildman–Crippen MR) is 82.0 cm³/mol. The summed E-state index contributed by atoms with van der Waals surface area (Å²) in [4.78, 5) is 9.37. The van der Waals surface area contributed by atoms with E-state index in [4.69, 9.17) is 0 Å². The Hall–Kier alpha value is -0.910. The summed E-state index contributed by atoms with van der Waals surface area (Å²) in [6.07, 6.45) is 2.18. The monoisotopic (exact) mass is 280 g/mol. The summed E-state index contributed by atoms with van der Waals surface area (Å²) >= 11 is 1.75. The summed E-state index contributed by atoms with van der Waals surface area (Å²) in [5.41, 5.74) is 2.42. The molecule has 0 unspecified atom stereocenters. The molecule has 0 bridgehead atoms. The van der Waals surface area contributed by atoms with Gasteiger partial charge in [0.25, 0.3) is 0 Å². The fraction of sp³-hybridized carbons (Fsp3) is 0.643. The van der Waals surface area contributed by atoms with Gasteiger partial charge in [0.15, 0.2) is 4.96 Å². The topological polar surface area (TPSA) is 32.6 Å². The molecule has 0 aliphatic carbocycles. The van der Waals surface area contributed by atoms with Crippen molar-refractivity contribution in [2.75, 3.05) is 20.1 Å². The molecule has 19 heavy (non-hydrogen) atoms. The maximum absolute atomic E-state index is 4.61. The lowest BCUT2D eigenvalue weighted by molar-refractivity contribution is 0.273. The molecule has 5 heteroatoms. The van der Waals surface area contributed by atoms with Crippen LogP contribution in [0.25, 0.3) is 4.96 Å². The van der Waals surface area contributed by atoms with Crippen LogP contribution in [0, 0.1) is 13.8 Å².